The highest BCUT2D eigenvalue weighted by Gasteiger charge is 2.45. The zero-order valence-electron chi connectivity index (χ0n) is 18.1. The number of rotatable bonds is 2. The topological polar surface area (TPSA) is 76.6 Å². The molecule has 0 saturated carbocycles. The number of aryl methyl sites for hydroxylation is 1. The van der Waals surface area contributed by atoms with Gasteiger partial charge in [0.15, 0.2) is 11.2 Å². The van der Waals surface area contributed by atoms with Crippen molar-refractivity contribution in [3.63, 3.8) is 0 Å². The van der Waals surface area contributed by atoms with Crippen LogP contribution in [-0.2, 0) is 5.41 Å². The Morgan fingerprint density at radius 2 is 1.75 bits per heavy atom. The van der Waals surface area contributed by atoms with Crippen molar-refractivity contribution in [2.45, 2.75) is 39.2 Å². The maximum atomic E-state index is 13.6. The lowest BCUT2D eigenvalue weighted by molar-refractivity contribution is 0.0969. The van der Waals surface area contributed by atoms with E-state index in [4.69, 9.17) is 20.5 Å². The maximum Gasteiger partial charge on any atom is 0.296 e. The lowest BCUT2D eigenvalue weighted by Gasteiger charge is -2.24. The molecule has 4 aromatic rings. The van der Waals surface area contributed by atoms with Gasteiger partial charge in [-0.2, -0.15) is 0 Å². The van der Waals surface area contributed by atoms with Crippen molar-refractivity contribution < 1.29 is 13.7 Å². The third-order valence-electron chi connectivity index (χ3n) is 5.79. The number of amides is 1. The highest BCUT2D eigenvalue weighted by atomic mass is 35.5. The van der Waals surface area contributed by atoms with Crippen LogP contribution in [0.3, 0.4) is 0 Å². The molecular weight excluding hydrogens is 428 g/mol. The Morgan fingerprint density at radius 1 is 1.03 bits per heavy atom. The summed E-state index contributed by atoms with van der Waals surface area (Å²) < 4.78 is 11.2. The normalized spacial score (nSPS) is 16.1. The summed E-state index contributed by atoms with van der Waals surface area (Å²) in [6, 6.07) is 13.7. The zero-order chi connectivity index (χ0) is 22.8. The number of fused-ring (bicyclic) bond motifs is 2. The first-order valence-corrected chi connectivity index (χ1v) is 10.7. The fourth-order valence-electron chi connectivity index (χ4n) is 4.13. The number of hydrogen-bond donors (Lipinski definition) is 0. The van der Waals surface area contributed by atoms with Gasteiger partial charge >= 0.3 is 0 Å². The van der Waals surface area contributed by atoms with Gasteiger partial charge in [-0.3, -0.25) is 14.5 Å². The number of aromatic nitrogens is 1. The fourth-order valence-corrected chi connectivity index (χ4v) is 4.30. The molecule has 1 unspecified atom stereocenters. The number of anilines is 1. The standard InChI is InChI=1S/C25H21ClN2O4/c1-13-11-19(27-32-13)28-21(14-5-7-15(8-6-14)25(2,3)4)20-22(29)17-12-16(26)9-10-18(17)31-23(20)24(28)30/h5-12,21H,1-4H3. The van der Waals surface area contributed by atoms with Crippen molar-refractivity contribution in [3.05, 3.63) is 92.0 Å². The number of hydrogen-bond acceptors (Lipinski definition) is 5. The molecule has 1 amide bonds. The van der Waals surface area contributed by atoms with E-state index in [1.807, 2.05) is 24.3 Å². The van der Waals surface area contributed by atoms with Crippen molar-refractivity contribution in [3.8, 4) is 0 Å². The molecule has 0 bridgehead atoms. The molecule has 0 radical (unpaired) electrons. The van der Waals surface area contributed by atoms with Crippen molar-refractivity contribution in [1.29, 1.82) is 0 Å². The van der Waals surface area contributed by atoms with E-state index in [1.165, 1.54) is 4.90 Å². The van der Waals surface area contributed by atoms with Crippen LogP contribution < -0.4 is 10.3 Å². The van der Waals surface area contributed by atoms with Gasteiger partial charge in [0.2, 0.25) is 5.76 Å². The molecule has 2 aromatic heterocycles. The van der Waals surface area contributed by atoms with Gasteiger partial charge in [0.05, 0.1) is 17.0 Å². The Balaban J connectivity index is 1.77. The molecule has 32 heavy (non-hydrogen) atoms. The molecule has 162 valence electrons. The van der Waals surface area contributed by atoms with Crippen molar-refractivity contribution in [2.75, 3.05) is 4.90 Å². The SMILES string of the molecule is Cc1cc(N2C(=O)c3oc4ccc(Cl)cc4c(=O)c3C2c2ccc(C(C)(C)C)cc2)no1. The van der Waals surface area contributed by atoms with Crippen LogP contribution in [0, 0.1) is 6.92 Å². The summed E-state index contributed by atoms with van der Waals surface area (Å²) in [5, 5.41) is 4.79. The molecule has 0 spiro atoms. The van der Waals surface area contributed by atoms with Crippen LogP contribution >= 0.6 is 11.6 Å². The van der Waals surface area contributed by atoms with Crippen LogP contribution in [0.15, 0.2) is 62.3 Å². The summed E-state index contributed by atoms with van der Waals surface area (Å²) in [6.07, 6.45) is 0. The Morgan fingerprint density at radius 3 is 2.38 bits per heavy atom. The molecule has 1 aliphatic rings. The van der Waals surface area contributed by atoms with Gasteiger partial charge in [-0.1, -0.05) is 61.8 Å². The number of carbonyl (C=O) groups is 1. The van der Waals surface area contributed by atoms with E-state index >= 15 is 0 Å². The molecule has 3 heterocycles. The average molecular weight is 449 g/mol. The average Bonchev–Trinajstić information content (AvgIpc) is 3.29. The number of nitrogens with zero attached hydrogens (tertiary/aromatic N) is 2. The number of benzene rings is 2. The molecule has 0 fully saturated rings. The minimum atomic E-state index is -0.698. The first kappa shape index (κ1) is 20.5. The van der Waals surface area contributed by atoms with Crippen molar-refractivity contribution >= 4 is 34.3 Å². The molecule has 5 rings (SSSR count). The van der Waals surface area contributed by atoms with Gasteiger partial charge in [0.25, 0.3) is 5.91 Å². The number of carbonyl (C=O) groups excluding carboxylic acids is 1. The maximum absolute atomic E-state index is 13.6. The van der Waals surface area contributed by atoms with Gasteiger partial charge in [0.1, 0.15) is 11.3 Å². The Kier molecular flexibility index (Phi) is 4.53. The second-order valence-corrected chi connectivity index (χ2v) is 9.50. The largest absolute Gasteiger partial charge is 0.450 e. The molecule has 0 aliphatic carbocycles. The first-order chi connectivity index (χ1) is 15.1. The van der Waals surface area contributed by atoms with E-state index in [9.17, 15) is 9.59 Å². The highest BCUT2D eigenvalue weighted by molar-refractivity contribution is 6.31. The van der Waals surface area contributed by atoms with Crippen LogP contribution in [0.5, 0.6) is 0 Å². The van der Waals surface area contributed by atoms with Crippen molar-refractivity contribution in [1.82, 2.24) is 5.16 Å². The molecule has 0 N–H and O–H groups in total. The van der Waals surface area contributed by atoms with Gasteiger partial charge in [-0.05, 0) is 41.7 Å². The number of halogens is 1. The molecule has 7 heteroatoms. The van der Waals surface area contributed by atoms with E-state index in [2.05, 4.69) is 25.9 Å². The van der Waals surface area contributed by atoms with Gasteiger partial charge in [0, 0.05) is 11.1 Å². The Hall–Kier alpha value is -3.38. The third kappa shape index (κ3) is 3.14. The fraction of sp³-hybridized carbons (Fsp3) is 0.240. The van der Waals surface area contributed by atoms with Crippen LogP contribution in [-0.4, -0.2) is 11.1 Å². The first-order valence-electron chi connectivity index (χ1n) is 10.3. The second kappa shape index (κ2) is 7.07. The van der Waals surface area contributed by atoms with E-state index in [0.717, 1.165) is 11.1 Å². The summed E-state index contributed by atoms with van der Waals surface area (Å²) in [7, 11) is 0. The van der Waals surface area contributed by atoms with Crippen LogP contribution in [0.2, 0.25) is 5.02 Å². The molecule has 1 atom stereocenters. The minimum absolute atomic E-state index is 0.00961. The van der Waals surface area contributed by atoms with E-state index in [-0.39, 0.29) is 22.2 Å². The second-order valence-electron chi connectivity index (χ2n) is 9.06. The van der Waals surface area contributed by atoms with Crippen LogP contribution in [0.25, 0.3) is 11.0 Å². The van der Waals surface area contributed by atoms with Gasteiger partial charge in [-0.25, -0.2) is 0 Å². The zero-order valence-corrected chi connectivity index (χ0v) is 18.9. The predicted octanol–water partition coefficient (Wildman–Crippen LogP) is 5.79. The summed E-state index contributed by atoms with van der Waals surface area (Å²) in [5.41, 5.74) is 2.19. The van der Waals surface area contributed by atoms with Crippen molar-refractivity contribution in [2.24, 2.45) is 0 Å². The lowest BCUT2D eigenvalue weighted by atomic mass is 9.86. The Labute approximate surface area is 189 Å². The predicted molar refractivity (Wildman–Crippen MR) is 123 cm³/mol. The van der Waals surface area contributed by atoms with Crippen LogP contribution in [0.4, 0.5) is 5.82 Å². The van der Waals surface area contributed by atoms with E-state index in [1.54, 1.807) is 31.2 Å². The highest BCUT2D eigenvalue weighted by Crippen LogP contribution is 2.41. The Bertz CT molecular complexity index is 1430. The van der Waals surface area contributed by atoms with Gasteiger partial charge in [-0.15, -0.1) is 0 Å². The van der Waals surface area contributed by atoms with E-state index < -0.39 is 11.9 Å². The summed E-state index contributed by atoms with van der Waals surface area (Å²) in [5.74, 6) is 0.453. The smallest absolute Gasteiger partial charge is 0.296 e. The van der Waals surface area contributed by atoms with Crippen LogP contribution in [0.1, 0.15) is 59.8 Å². The monoisotopic (exact) mass is 448 g/mol. The summed E-state index contributed by atoms with van der Waals surface area (Å²) in [4.78, 5) is 28.5. The quantitative estimate of drug-likeness (QED) is 0.388. The molecule has 1 aliphatic heterocycles. The summed E-state index contributed by atoms with van der Waals surface area (Å²) in [6.45, 7) is 8.14. The molecular formula is C25H21ClN2O4. The summed E-state index contributed by atoms with van der Waals surface area (Å²) >= 11 is 6.13. The third-order valence-corrected chi connectivity index (χ3v) is 6.02. The minimum Gasteiger partial charge on any atom is -0.450 e. The van der Waals surface area contributed by atoms with Gasteiger partial charge < -0.3 is 8.94 Å². The molecule has 6 nitrogen and oxygen atoms in total. The lowest BCUT2D eigenvalue weighted by Crippen LogP contribution is -2.29. The van der Waals surface area contributed by atoms with E-state index in [0.29, 0.717) is 27.6 Å². The molecule has 2 aromatic carbocycles. The molecule has 0 saturated heterocycles.